The zero-order chi connectivity index (χ0) is 28.2. The number of hydrogen-bond acceptors (Lipinski definition) is 7. The Balaban J connectivity index is 1.17. The minimum absolute atomic E-state index is 0.351. The van der Waals surface area contributed by atoms with Crippen LogP contribution in [0.4, 0.5) is 16.0 Å². The lowest BCUT2D eigenvalue weighted by Crippen LogP contribution is -2.43. The van der Waals surface area contributed by atoms with Gasteiger partial charge in [-0.1, -0.05) is 42.5 Å². The van der Waals surface area contributed by atoms with E-state index < -0.39 is 5.82 Å². The summed E-state index contributed by atoms with van der Waals surface area (Å²) in [6, 6.07) is 22.9. The van der Waals surface area contributed by atoms with Gasteiger partial charge >= 0.3 is 0 Å². The van der Waals surface area contributed by atoms with E-state index in [4.69, 9.17) is 9.47 Å². The van der Waals surface area contributed by atoms with Crippen LogP contribution in [0.3, 0.4) is 0 Å². The highest BCUT2D eigenvalue weighted by Gasteiger charge is 2.19. The third-order valence-corrected chi connectivity index (χ3v) is 7.38. The Morgan fingerprint density at radius 1 is 0.902 bits per heavy atom. The van der Waals surface area contributed by atoms with Gasteiger partial charge in [-0.25, -0.2) is 4.39 Å². The highest BCUT2D eigenvalue weighted by atomic mass is 19.1. The van der Waals surface area contributed by atoms with Crippen LogP contribution in [-0.2, 0) is 13.2 Å². The van der Waals surface area contributed by atoms with E-state index in [9.17, 15) is 0 Å². The highest BCUT2D eigenvalue weighted by molar-refractivity contribution is 5.98. The fourth-order valence-corrected chi connectivity index (χ4v) is 5.05. The number of nitrogens with zero attached hydrogens (tertiary/aromatic N) is 4. The van der Waals surface area contributed by atoms with Crippen LogP contribution in [0.5, 0.6) is 11.6 Å². The summed E-state index contributed by atoms with van der Waals surface area (Å²) in [4.78, 5) is 17.2. The number of halogens is 1. The van der Waals surface area contributed by atoms with Crippen LogP contribution in [0.15, 0.2) is 79.0 Å². The molecule has 0 amide bonds. The van der Waals surface area contributed by atoms with Crippen molar-refractivity contribution >= 4 is 22.7 Å². The van der Waals surface area contributed by atoms with Gasteiger partial charge in [0.15, 0.2) is 0 Å². The van der Waals surface area contributed by atoms with Crippen molar-refractivity contribution in [2.24, 2.45) is 0 Å². The Kier molecular flexibility index (Phi) is 7.80. The van der Waals surface area contributed by atoms with E-state index in [1.54, 1.807) is 25.4 Å². The number of likely N-dealkylation sites (N-methyl/N-ethyl adjacent to an activating group) is 1. The zero-order valence-electron chi connectivity index (χ0n) is 23.2. The molecule has 0 spiro atoms. The number of H-pyrrole nitrogens is 1. The SMILES string of the molecule is COc1nc(Nc2ccc(CN3CCN(C)CC3)cc2)nc2[nH]cc(-c3ccc(OCc4ccccc4)cc3F)c12. The summed E-state index contributed by atoms with van der Waals surface area (Å²) in [5, 5.41) is 3.88. The molecule has 9 heteroatoms. The average Bonchev–Trinajstić information content (AvgIpc) is 3.42. The fourth-order valence-electron chi connectivity index (χ4n) is 5.05. The number of anilines is 2. The van der Waals surface area contributed by atoms with Crippen LogP contribution >= 0.6 is 0 Å². The minimum Gasteiger partial charge on any atom is -0.489 e. The quantitative estimate of drug-likeness (QED) is 0.238. The van der Waals surface area contributed by atoms with Crippen molar-refractivity contribution in [1.29, 1.82) is 0 Å². The van der Waals surface area contributed by atoms with Gasteiger partial charge in [-0.15, -0.1) is 0 Å². The maximum Gasteiger partial charge on any atom is 0.232 e. The molecule has 5 aromatic rings. The first kappa shape index (κ1) is 26.7. The molecular weight excluding hydrogens is 519 g/mol. The van der Waals surface area contributed by atoms with Crippen LogP contribution in [-0.4, -0.2) is 65.1 Å². The van der Waals surface area contributed by atoms with Crippen molar-refractivity contribution in [2.45, 2.75) is 13.2 Å². The Labute approximate surface area is 238 Å². The van der Waals surface area contributed by atoms with Gasteiger partial charge in [0.1, 0.15) is 23.8 Å². The average molecular weight is 553 g/mol. The van der Waals surface area contributed by atoms with Gasteiger partial charge in [0.05, 0.1) is 12.5 Å². The molecule has 0 bridgehead atoms. The van der Waals surface area contributed by atoms with Crippen LogP contribution in [0.2, 0.25) is 0 Å². The predicted molar refractivity (Wildman–Crippen MR) is 159 cm³/mol. The maximum atomic E-state index is 15.3. The first-order valence-corrected chi connectivity index (χ1v) is 13.7. The van der Waals surface area contributed by atoms with E-state index in [-0.39, 0.29) is 0 Å². The summed E-state index contributed by atoms with van der Waals surface area (Å²) in [5.74, 6) is 0.792. The zero-order valence-corrected chi connectivity index (χ0v) is 23.2. The van der Waals surface area contributed by atoms with Crippen molar-refractivity contribution in [3.8, 4) is 22.8 Å². The van der Waals surface area contributed by atoms with E-state index in [2.05, 4.69) is 49.2 Å². The van der Waals surface area contributed by atoms with Gasteiger partial charge < -0.3 is 24.7 Å². The van der Waals surface area contributed by atoms with Crippen molar-refractivity contribution in [2.75, 3.05) is 45.7 Å². The van der Waals surface area contributed by atoms with E-state index in [0.29, 0.717) is 46.3 Å². The third-order valence-electron chi connectivity index (χ3n) is 7.38. The van der Waals surface area contributed by atoms with E-state index >= 15 is 4.39 Å². The summed E-state index contributed by atoms with van der Waals surface area (Å²) in [6.07, 6.45) is 1.72. The monoisotopic (exact) mass is 552 g/mol. The molecule has 3 heterocycles. The van der Waals surface area contributed by atoms with Crippen LogP contribution in [0.1, 0.15) is 11.1 Å². The molecule has 3 aromatic carbocycles. The second-order valence-electron chi connectivity index (χ2n) is 10.3. The molecule has 210 valence electrons. The molecule has 1 fully saturated rings. The van der Waals surface area contributed by atoms with E-state index in [0.717, 1.165) is 44.0 Å². The molecule has 0 unspecified atom stereocenters. The Hall–Kier alpha value is -4.47. The number of aromatic nitrogens is 3. The predicted octanol–water partition coefficient (Wildman–Crippen LogP) is 5.84. The number of hydrogen-bond donors (Lipinski definition) is 2. The largest absolute Gasteiger partial charge is 0.489 e. The molecule has 1 aliphatic heterocycles. The topological polar surface area (TPSA) is 78.5 Å². The van der Waals surface area contributed by atoms with Gasteiger partial charge in [0.25, 0.3) is 0 Å². The number of nitrogens with one attached hydrogen (secondary N) is 2. The molecule has 0 atom stereocenters. The molecule has 0 radical (unpaired) electrons. The summed E-state index contributed by atoms with van der Waals surface area (Å²) >= 11 is 0. The standard InChI is InChI=1S/C32H33FN6O2/c1-38-14-16-39(17-15-38)20-22-8-10-24(11-9-22)35-32-36-30-29(31(37-32)40-2)27(19-34-30)26-13-12-25(18-28(26)33)41-21-23-6-4-3-5-7-23/h3-13,18-19H,14-17,20-21H2,1-2H3,(H2,34,35,36,37). The Morgan fingerprint density at radius 2 is 1.68 bits per heavy atom. The van der Waals surface area contributed by atoms with Crippen LogP contribution < -0.4 is 14.8 Å². The summed E-state index contributed by atoms with van der Waals surface area (Å²) in [6.45, 7) is 5.66. The number of fused-ring (bicyclic) bond motifs is 1. The van der Waals surface area contributed by atoms with Crippen LogP contribution in [0, 0.1) is 5.82 Å². The first-order valence-electron chi connectivity index (χ1n) is 13.7. The first-order chi connectivity index (χ1) is 20.1. The third kappa shape index (κ3) is 6.16. The second-order valence-corrected chi connectivity index (χ2v) is 10.3. The van der Waals surface area contributed by atoms with Gasteiger partial charge in [-0.2, -0.15) is 9.97 Å². The lowest BCUT2D eigenvalue weighted by Gasteiger charge is -2.32. The highest BCUT2D eigenvalue weighted by Crippen LogP contribution is 2.37. The number of benzene rings is 3. The molecule has 41 heavy (non-hydrogen) atoms. The smallest absolute Gasteiger partial charge is 0.232 e. The Morgan fingerprint density at radius 3 is 2.41 bits per heavy atom. The molecule has 6 rings (SSSR count). The molecule has 2 N–H and O–H groups in total. The normalized spacial score (nSPS) is 14.3. The molecule has 2 aromatic heterocycles. The van der Waals surface area contributed by atoms with Gasteiger partial charge in [0, 0.05) is 61.8 Å². The molecular formula is C32H33FN6O2. The lowest BCUT2D eigenvalue weighted by atomic mass is 10.1. The van der Waals surface area contributed by atoms with Crippen molar-refractivity contribution < 1.29 is 13.9 Å². The fraction of sp³-hybridized carbons (Fsp3) is 0.250. The molecule has 8 nitrogen and oxygen atoms in total. The van der Waals surface area contributed by atoms with Gasteiger partial charge in [-0.05, 0) is 42.4 Å². The van der Waals surface area contributed by atoms with Gasteiger partial charge in [0.2, 0.25) is 11.8 Å². The lowest BCUT2D eigenvalue weighted by molar-refractivity contribution is 0.148. The van der Waals surface area contributed by atoms with Gasteiger partial charge in [-0.3, -0.25) is 4.90 Å². The summed E-state index contributed by atoms with van der Waals surface area (Å²) in [5.41, 5.74) is 4.72. The molecule has 1 aliphatic rings. The van der Waals surface area contributed by atoms with E-state index in [1.807, 2.05) is 42.5 Å². The van der Waals surface area contributed by atoms with E-state index in [1.165, 1.54) is 11.6 Å². The minimum atomic E-state index is -0.405. The van der Waals surface area contributed by atoms with Crippen molar-refractivity contribution in [3.05, 3.63) is 95.9 Å². The van der Waals surface area contributed by atoms with Crippen molar-refractivity contribution in [1.82, 2.24) is 24.8 Å². The molecule has 0 saturated carbocycles. The summed E-state index contributed by atoms with van der Waals surface area (Å²) < 4.78 is 26.7. The number of aromatic amines is 1. The molecule has 0 aliphatic carbocycles. The number of piperazine rings is 1. The maximum absolute atomic E-state index is 15.3. The Bertz CT molecular complexity index is 1620. The second kappa shape index (κ2) is 12.0. The number of methoxy groups -OCH3 is 1. The van der Waals surface area contributed by atoms with Crippen LogP contribution in [0.25, 0.3) is 22.2 Å². The van der Waals surface area contributed by atoms with Crippen molar-refractivity contribution in [3.63, 3.8) is 0 Å². The molecule has 1 saturated heterocycles. The number of ether oxygens (including phenoxy) is 2. The number of rotatable bonds is 9. The summed E-state index contributed by atoms with van der Waals surface area (Å²) in [7, 11) is 3.71.